The summed E-state index contributed by atoms with van der Waals surface area (Å²) in [5.41, 5.74) is 0.807. The van der Waals surface area contributed by atoms with Crippen LogP contribution < -0.4 is 25.4 Å². The highest BCUT2D eigenvalue weighted by atomic mass is 16.5. The minimum Gasteiger partial charge on any atom is -0.493 e. The number of methoxy groups -OCH3 is 1. The van der Waals surface area contributed by atoms with Gasteiger partial charge in [-0.1, -0.05) is 19.9 Å². The summed E-state index contributed by atoms with van der Waals surface area (Å²) >= 11 is 0. The van der Waals surface area contributed by atoms with Crippen LogP contribution in [0.4, 0.5) is 0 Å². The molecule has 0 aliphatic heterocycles. The molecule has 1 rings (SSSR count). The maximum Gasteiger partial charge on any atom is 0.257 e. The molecule has 0 unspecified atom stereocenters. The van der Waals surface area contributed by atoms with Crippen LogP contribution in [0.2, 0.25) is 0 Å². The van der Waals surface area contributed by atoms with Crippen LogP contribution in [0.25, 0.3) is 0 Å². The van der Waals surface area contributed by atoms with Crippen LogP contribution in [0.15, 0.2) is 18.2 Å². The van der Waals surface area contributed by atoms with E-state index in [-0.39, 0.29) is 37.4 Å². The quantitative estimate of drug-likeness (QED) is 0.497. The molecule has 0 aliphatic carbocycles. The number of hydrogen-bond acceptors (Lipinski definition) is 5. The number of hydrogen-bond donors (Lipinski definition) is 3. The average Bonchev–Trinajstić information content (AvgIpc) is 2.67. The van der Waals surface area contributed by atoms with Crippen molar-refractivity contribution in [2.75, 3.05) is 26.8 Å². The van der Waals surface area contributed by atoms with Gasteiger partial charge in [-0.25, -0.2) is 0 Å². The predicted molar refractivity (Wildman–Crippen MR) is 106 cm³/mol. The van der Waals surface area contributed by atoms with Gasteiger partial charge in [0.1, 0.15) is 0 Å². The van der Waals surface area contributed by atoms with E-state index in [9.17, 15) is 14.4 Å². The van der Waals surface area contributed by atoms with Crippen LogP contribution in [0, 0.1) is 5.92 Å². The summed E-state index contributed by atoms with van der Waals surface area (Å²) in [6.07, 6.45) is 1.21. The molecule has 0 bridgehead atoms. The van der Waals surface area contributed by atoms with Gasteiger partial charge in [0.05, 0.1) is 13.7 Å². The number of benzene rings is 1. The summed E-state index contributed by atoms with van der Waals surface area (Å²) in [7, 11) is 1.50. The molecule has 3 N–H and O–H groups in total. The molecular formula is C20H31N3O5. The maximum absolute atomic E-state index is 11.9. The minimum absolute atomic E-state index is 0.0538. The fraction of sp³-hybridized carbons (Fsp3) is 0.550. The predicted octanol–water partition coefficient (Wildman–Crippen LogP) is 1.38. The van der Waals surface area contributed by atoms with Gasteiger partial charge < -0.3 is 25.4 Å². The summed E-state index contributed by atoms with van der Waals surface area (Å²) < 4.78 is 10.7. The summed E-state index contributed by atoms with van der Waals surface area (Å²) in [5.74, 6) is 0.755. The third-order valence-corrected chi connectivity index (χ3v) is 3.85. The molecule has 0 atom stereocenters. The van der Waals surface area contributed by atoms with Gasteiger partial charge in [0, 0.05) is 19.5 Å². The summed E-state index contributed by atoms with van der Waals surface area (Å²) in [5, 5.41) is 8.00. The fourth-order valence-electron chi connectivity index (χ4n) is 2.28. The van der Waals surface area contributed by atoms with Gasteiger partial charge in [0.15, 0.2) is 18.1 Å². The number of carbonyl (C=O) groups is 3. The Balaban J connectivity index is 2.46. The Morgan fingerprint density at radius 1 is 1.00 bits per heavy atom. The number of rotatable bonds is 12. The molecule has 0 heterocycles. The van der Waals surface area contributed by atoms with Gasteiger partial charge >= 0.3 is 0 Å². The van der Waals surface area contributed by atoms with E-state index in [1.807, 2.05) is 20.8 Å². The minimum atomic E-state index is -0.270. The lowest BCUT2D eigenvalue weighted by Crippen LogP contribution is -2.36. The highest BCUT2D eigenvalue weighted by molar-refractivity contribution is 5.84. The van der Waals surface area contributed by atoms with Crippen LogP contribution in [0.5, 0.6) is 11.5 Å². The molecule has 8 nitrogen and oxygen atoms in total. The van der Waals surface area contributed by atoms with Crippen molar-refractivity contribution in [3.05, 3.63) is 23.8 Å². The topological polar surface area (TPSA) is 106 Å². The van der Waals surface area contributed by atoms with Crippen LogP contribution in [0.1, 0.15) is 39.2 Å². The number of amides is 3. The third-order valence-electron chi connectivity index (χ3n) is 3.85. The molecule has 0 fully saturated rings. The second-order valence-electron chi connectivity index (χ2n) is 6.71. The first-order chi connectivity index (χ1) is 13.3. The Morgan fingerprint density at radius 3 is 2.39 bits per heavy atom. The van der Waals surface area contributed by atoms with E-state index < -0.39 is 0 Å². The first-order valence-corrected chi connectivity index (χ1v) is 9.45. The smallest absolute Gasteiger partial charge is 0.257 e. The van der Waals surface area contributed by atoms with E-state index in [0.29, 0.717) is 30.4 Å². The molecular weight excluding hydrogens is 362 g/mol. The van der Waals surface area contributed by atoms with E-state index in [0.717, 1.165) is 12.0 Å². The molecule has 0 saturated heterocycles. The first-order valence-electron chi connectivity index (χ1n) is 9.45. The van der Waals surface area contributed by atoms with Crippen molar-refractivity contribution in [2.45, 2.75) is 40.2 Å². The van der Waals surface area contributed by atoms with Crippen LogP contribution in [0.3, 0.4) is 0 Å². The Labute approximate surface area is 166 Å². The van der Waals surface area contributed by atoms with Gasteiger partial charge in [0.25, 0.3) is 5.91 Å². The number of likely N-dealkylation sites (N-methyl/N-ethyl adjacent to an activating group) is 1. The second-order valence-corrected chi connectivity index (χ2v) is 6.71. The van der Waals surface area contributed by atoms with Gasteiger partial charge in [0.2, 0.25) is 11.8 Å². The van der Waals surface area contributed by atoms with Crippen LogP contribution >= 0.6 is 0 Å². The molecule has 8 heteroatoms. The highest BCUT2D eigenvalue weighted by Gasteiger charge is 2.10. The standard InChI is InChI=1S/C20H31N3O5/c1-5-21-20(26)13-28-16-8-7-15(10-17(16)27-4)11-22-19(25)12-23-18(24)9-6-14(2)3/h7-8,10,14H,5-6,9,11-13H2,1-4H3,(H,21,26)(H,22,25)(H,23,24). The third kappa shape index (κ3) is 9.25. The van der Waals surface area contributed by atoms with E-state index >= 15 is 0 Å². The lowest BCUT2D eigenvalue weighted by atomic mass is 10.1. The van der Waals surface area contributed by atoms with Crippen molar-refractivity contribution in [2.24, 2.45) is 5.92 Å². The Bertz CT molecular complexity index is 661. The lowest BCUT2D eigenvalue weighted by Gasteiger charge is -2.13. The Morgan fingerprint density at radius 2 is 1.75 bits per heavy atom. The number of carbonyl (C=O) groups excluding carboxylic acids is 3. The number of nitrogens with one attached hydrogen (secondary N) is 3. The van der Waals surface area contributed by atoms with Crippen molar-refractivity contribution in [3.63, 3.8) is 0 Å². The molecule has 1 aromatic carbocycles. The van der Waals surface area contributed by atoms with E-state index in [4.69, 9.17) is 9.47 Å². The van der Waals surface area contributed by atoms with Gasteiger partial charge in [-0.05, 0) is 37.0 Å². The van der Waals surface area contributed by atoms with E-state index in [1.54, 1.807) is 18.2 Å². The molecule has 0 saturated carbocycles. The molecule has 3 amide bonds. The molecule has 28 heavy (non-hydrogen) atoms. The monoisotopic (exact) mass is 393 g/mol. The summed E-state index contributed by atoms with van der Waals surface area (Å²) in [6, 6.07) is 5.19. The van der Waals surface area contributed by atoms with Gasteiger partial charge in [-0.3, -0.25) is 14.4 Å². The van der Waals surface area contributed by atoms with Gasteiger partial charge in [-0.2, -0.15) is 0 Å². The second kappa shape index (κ2) is 12.6. The zero-order chi connectivity index (χ0) is 20.9. The fourth-order valence-corrected chi connectivity index (χ4v) is 2.28. The van der Waals surface area contributed by atoms with E-state index in [2.05, 4.69) is 16.0 Å². The van der Waals surface area contributed by atoms with Crippen LogP contribution in [-0.2, 0) is 20.9 Å². The summed E-state index contributed by atoms with van der Waals surface area (Å²) in [4.78, 5) is 35.0. The van der Waals surface area contributed by atoms with Crippen molar-refractivity contribution >= 4 is 17.7 Å². The zero-order valence-corrected chi connectivity index (χ0v) is 17.1. The zero-order valence-electron chi connectivity index (χ0n) is 17.1. The van der Waals surface area contributed by atoms with E-state index in [1.165, 1.54) is 7.11 Å². The number of ether oxygens (including phenoxy) is 2. The van der Waals surface area contributed by atoms with Crippen molar-refractivity contribution in [1.29, 1.82) is 0 Å². The normalized spacial score (nSPS) is 10.3. The SMILES string of the molecule is CCNC(=O)COc1ccc(CNC(=O)CNC(=O)CCC(C)C)cc1OC. The summed E-state index contributed by atoms with van der Waals surface area (Å²) in [6.45, 7) is 6.59. The maximum atomic E-state index is 11.9. The average molecular weight is 393 g/mol. The van der Waals surface area contributed by atoms with Crippen molar-refractivity contribution in [1.82, 2.24) is 16.0 Å². The molecule has 0 aromatic heterocycles. The lowest BCUT2D eigenvalue weighted by molar-refractivity contribution is -0.126. The Hall–Kier alpha value is -2.77. The largest absolute Gasteiger partial charge is 0.493 e. The van der Waals surface area contributed by atoms with Crippen molar-refractivity contribution in [3.8, 4) is 11.5 Å². The molecule has 0 aliphatic rings. The molecule has 156 valence electrons. The molecule has 1 aromatic rings. The Kier molecular flexibility index (Phi) is 10.5. The first kappa shape index (κ1) is 23.3. The molecule has 0 spiro atoms. The van der Waals surface area contributed by atoms with Crippen LogP contribution in [-0.4, -0.2) is 44.5 Å². The molecule has 0 radical (unpaired) electrons. The van der Waals surface area contributed by atoms with Gasteiger partial charge in [-0.15, -0.1) is 0 Å². The highest BCUT2D eigenvalue weighted by Crippen LogP contribution is 2.28. The van der Waals surface area contributed by atoms with Crippen molar-refractivity contribution < 1.29 is 23.9 Å².